The number of carbonyl (C=O) groups is 2. The molecule has 1 aromatic rings. The molecule has 1 heterocycles. The van der Waals surface area contributed by atoms with Crippen molar-refractivity contribution in [2.45, 2.75) is 24.9 Å². The van der Waals surface area contributed by atoms with E-state index in [-0.39, 0.29) is 24.9 Å². The number of hydrogen-bond donors (Lipinski definition) is 2. The highest BCUT2D eigenvalue weighted by molar-refractivity contribution is 8.00. The Kier molecular flexibility index (Phi) is 4.40. The van der Waals surface area contributed by atoms with Crippen molar-refractivity contribution in [1.82, 2.24) is 10.2 Å². The maximum atomic E-state index is 12.0. The fourth-order valence-electron chi connectivity index (χ4n) is 3.10. The van der Waals surface area contributed by atoms with Gasteiger partial charge in [-0.05, 0) is 30.4 Å². The molecule has 1 aromatic carbocycles. The molecule has 3 rings (SSSR count). The predicted octanol–water partition coefficient (Wildman–Crippen LogP) is 0.860. The van der Waals surface area contributed by atoms with Crippen LogP contribution in [0.4, 0.5) is 0 Å². The van der Waals surface area contributed by atoms with Gasteiger partial charge in [0.1, 0.15) is 12.1 Å². The monoisotopic (exact) mass is 320 g/mol. The topological polar surface area (TPSA) is 69.6 Å². The van der Waals surface area contributed by atoms with E-state index in [1.54, 1.807) is 4.90 Å². The van der Waals surface area contributed by atoms with Gasteiger partial charge in [0.25, 0.3) is 0 Å². The number of fused-ring (bicyclic) bond motifs is 1. The predicted molar refractivity (Wildman–Crippen MR) is 85.3 cm³/mol. The number of amides is 2. The largest absolute Gasteiger partial charge is 0.383 e. The summed E-state index contributed by atoms with van der Waals surface area (Å²) in [7, 11) is 0. The lowest BCUT2D eigenvalue weighted by atomic mass is 9.79. The van der Waals surface area contributed by atoms with Gasteiger partial charge in [0.15, 0.2) is 0 Å². The lowest BCUT2D eigenvalue weighted by Crippen LogP contribution is -2.46. The summed E-state index contributed by atoms with van der Waals surface area (Å²) in [5.41, 5.74) is 1.06. The molecular weight excluding hydrogens is 300 g/mol. The Balaban J connectivity index is 1.61. The molecule has 1 fully saturated rings. The Morgan fingerprint density at radius 1 is 1.41 bits per heavy atom. The number of benzene rings is 1. The summed E-state index contributed by atoms with van der Waals surface area (Å²) in [5.74, 6) is 0.804. The van der Waals surface area contributed by atoms with E-state index < -0.39 is 5.60 Å². The third-order valence-electron chi connectivity index (χ3n) is 4.29. The molecule has 0 bridgehead atoms. The zero-order valence-corrected chi connectivity index (χ0v) is 13.2. The van der Waals surface area contributed by atoms with Crippen LogP contribution in [0.3, 0.4) is 0 Å². The number of nitrogens with zero attached hydrogens (tertiary/aromatic N) is 1. The molecule has 0 unspecified atom stereocenters. The van der Waals surface area contributed by atoms with Gasteiger partial charge in [-0.25, -0.2) is 0 Å². The second-order valence-corrected chi connectivity index (χ2v) is 6.84. The van der Waals surface area contributed by atoms with E-state index in [1.807, 2.05) is 24.3 Å². The molecule has 5 nitrogen and oxygen atoms in total. The molecule has 1 atom stereocenters. The molecule has 1 aliphatic carbocycles. The van der Waals surface area contributed by atoms with Crippen LogP contribution in [0.2, 0.25) is 0 Å². The first-order valence-corrected chi connectivity index (χ1v) is 8.67. The van der Waals surface area contributed by atoms with Crippen molar-refractivity contribution in [3.63, 3.8) is 0 Å². The van der Waals surface area contributed by atoms with Crippen molar-refractivity contribution in [2.24, 2.45) is 0 Å². The lowest BCUT2D eigenvalue weighted by molar-refractivity contribution is -0.132. The van der Waals surface area contributed by atoms with Gasteiger partial charge in [-0.15, -0.1) is 11.8 Å². The normalized spacial score (nSPS) is 24.2. The molecule has 0 spiro atoms. The number of aliphatic hydroxyl groups is 1. The quantitative estimate of drug-likeness (QED) is 0.863. The Labute approximate surface area is 134 Å². The third-order valence-corrected chi connectivity index (χ3v) is 5.24. The zero-order chi connectivity index (χ0) is 15.6. The number of aryl methyl sites for hydroxylation is 1. The first kappa shape index (κ1) is 15.4. The van der Waals surface area contributed by atoms with E-state index in [9.17, 15) is 14.7 Å². The van der Waals surface area contributed by atoms with Crippen molar-refractivity contribution in [2.75, 3.05) is 24.7 Å². The van der Waals surface area contributed by atoms with Crippen LogP contribution < -0.4 is 5.32 Å². The van der Waals surface area contributed by atoms with E-state index in [1.165, 1.54) is 11.8 Å². The molecule has 2 amide bonds. The average molecular weight is 320 g/mol. The van der Waals surface area contributed by atoms with E-state index >= 15 is 0 Å². The van der Waals surface area contributed by atoms with Crippen LogP contribution in [-0.4, -0.2) is 46.5 Å². The molecule has 1 saturated heterocycles. The van der Waals surface area contributed by atoms with E-state index in [0.29, 0.717) is 18.1 Å². The summed E-state index contributed by atoms with van der Waals surface area (Å²) in [6, 6.07) is 7.85. The number of carbonyl (C=O) groups excluding carboxylic acids is 2. The van der Waals surface area contributed by atoms with Crippen LogP contribution in [0.25, 0.3) is 0 Å². The molecule has 0 aromatic heterocycles. The SMILES string of the molecule is O=C(CN1CSCC1=O)NC[C@@]1(O)CCCc2ccccc21. The van der Waals surface area contributed by atoms with Crippen molar-refractivity contribution < 1.29 is 14.7 Å². The maximum Gasteiger partial charge on any atom is 0.239 e. The second kappa shape index (κ2) is 6.30. The van der Waals surface area contributed by atoms with Crippen molar-refractivity contribution >= 4 is 23.6 Å². The van der Waals surface area contributed by atoms with Gasteiger partial charge in [-0.1, -0.05) is 24.3 Å². The third kappa shape index (κ3) is 3.13. The summed E-state index contributed by atoms with van der Waals surface area (Å²) in [5, 5.41) is 13.7. The molecule has 2 aliphatic rings. The van der Waals surface area contributed by atoms with Crippen LogP contribution in [0.5, 0.6) is 0 Å². The van der Waals surface area contributed by atoms with E-state index in [4.69, 9.17) is 0 Å². The molecule has 0 radical (unpaired) electrons. The minimum absolute atomic E-state index is 0.00173. The Hall–Kier alpha value is -1.53. The fraction of sp³-hybridized carbons (Fsp3) is 0.500. The first-order valence-electron chi connectivity index (χ1n) is 7.51. The summed E-state index contributed by atoms with van der Waals surface area (Å²) in [6.07, 6.45) is 2.51. The molecule has 22 heavy (non-hydrogen) atoms. The van der Waals surface area contributed by atoms with Gasteiger partial charge in [-0.2, -0.15) is 0 Å². The van der Waals surface area contributed by atoms with E-state index in [0.717, 1.165) is 24.0 Å². The van der Waals surface area contributed by atoms with Crippen LogP contribution in [0.1, 0.15) is 24.0 Å². The smallest absolute Gasteiger partial charge is 0.239 e. The summed E-state index contributed by atoms with van der Waals surface area (Å²) in [4.78, 5) is 25.1. The average Bonchev–Trinajstić information content (AvgIpc) is 2.91. The number of thioether (sulfide) groups is 1. The van der Waals surface area contributed by atoms with Gasteiger partial charge in [-0.3, -0.25) is 9.59 Å². The van der Waals surface area contributed by atoms with Gasteiger partial charge in [0.05, 0.1) is 18.2 Å². The molecule has 1 aliphatic heterocycles. The Morgan fingerprint density at radius 3 is 3.00 bits per heavy atom. The van der Waals surface area contributed by atoms with Crippen molar-refractivity contribution in [1.29, 1.82) is 0 Å². The summed E-state index contributed by atoms with van der Waals surface area (Å²) in [6.45, 7) is 0.265. The summed E-state index contributed by atoms with van der Waals surface area (Å²) >= 11 is 1.52. The molecule has 0 saturated carbocycles. The Bertz CT molecular complexity index is 593. The van der Waals surface area contributed by atoms with Crippen molar-refractivity contribution in [3.8, 4) is 0 Å². The second-order valence-electron chi connectivity index (χ2n) is 5.89. The highest BCUT2D eigenvalue weighted by Gasteiger charge is 2.34. The first-order chi connectivity index (χ1) is 10.6. The minimum atomic E-state index is -1.01. The highest BCUT2D eigenvalue weighted by Crippen LogP contribution is 2.34. The van der Waals surface area contributed by atoms with Gasteiger partial charge in [0, 0.05) is 0 Å². The fourth-order valence-corrected chi connectivity index (χ4v) is 4.00. The molecule has 2 N–H and O–H groups in total. The van der Waals surface area contributed by atoms with Crippen LogP contribution in [0.15, 0.2) is 24.3 Å². The molecule has 6 heteroatoms. The maximum absolute atomic E-state index is 12.0. The molecule has 118 valence electrons. The van der Waals surface area contributed by atoms with Gasteiger partial charge in [0.2, 0.25) is 11.8 Å². The van der Waals surface area contributed by atoms with Gasteiger partial charge >= 0.3 is 0 Å². The lowest BCUT2D eigenvalue weighted by Gasteiger charge is -2.34. The number of hydrogen-bond acceptors (Lipinski definition) is 4. The van der Waals surface area contributed by atoms with Crippen molar-refractivity contribution in [3.05, 3.63) is 35.4 Å². The molecular formula is C16H20N2O3S. The minimum Gasteiger partial charge on any atom is -0.383 e. The Morgan fingerprint density at radius 2 is 2.23 bits per heavy atom. The van der Waals surface area contributed by atoms with Crippen LogP contribution in [-0.2, 0) is 21.6 Å². The summed E-state index contributed by atoms with van der Waals surface area (Å²) < 4.78 is 0. The van der Waals surface area contributed by atoms with E-state index in [2.05, 4.69) is 5.32 Å². The highest BCUT2D eigenvalue weighted by atomic mass is 32.2. The zero-order valence-electron chi connectivity index (χ0n) is 12.4. The van der Waals surface area contributed by atoms with Crippen LogP contribution in [0, 0.1) is 0 Å². The number of rotatable bonds is 4. The van der Waals surface area contributed by atoms with Gasteiger partial charge < -0.3 is 15.3 Å². The van der Waals surface area contributed by atoms with Crippen LogP contribution >= 0.6 is 11.8 Å². The standard InChI is InChI=1S/C16H20N2O3S/c19-14(8-18-11-22-9-15(18)20)17-10-16(21)7-3-5-12-4-1-2-6-13(12)16/h1-2,4,6,21H,3,5,7-11H2,(H,17,19)/t16-/m0/s1. The number of nitrogens with one attached hydrogen (secondary N) is 1.